The van der Waals surface area contributed by atoms with E-state index in [9.17, 15) is 4.79 Å². The Hall–Kier alpha value is -3.54. The maximum Gasteiger partial charge on any atom is 0.255 e. The van der Waals surface area contributed by atoms with Crippen LogP contribution >= 0.6 is 0 Å². The number of hydrogen-bond donors (Lipinski definition) is 2. The van der Waals surface area contributed by atoms with Crippen LogP contribution in [0.2, 0.25) is 0 Å². The summed E-state index contributed by atoms with van der Waals surface area (Å²) in [5, 5.41) is 6.10. The van der Waals surface area contributed by atoms with Crippen molar-refractivity contribution in [2.75, 3.05) is 24.9 Å². The van der Waals surface area contributed by atoms with Crippen LogP contribution in [0.15, 0.2) is 60.8 Å². The highest BCUT2D eigenvalue weighted by Gasteiger charge is 2.10. The van der Waals surface area contributed by atoms with E-state index >= 15 is 0 Å². The van der Waals surface area contributed by atoms with Gasteiger partial charge in [0.2, 0.25) is 0 Å². The number of ether oxygens (including phenoxy) is 2. The molecular formula is C23H25N3O3. The highest BCUT2D eigenvalue weighted by molar-refractivity contribution is 6.04. The Balaban J connectivity index is 1.72. The van der Waals surface area contributed by atoms with E-state index < -0.39 is 0 Å². The maximum absolute atomic E-state index is 12.6. The third kappa shape index (κ3) is 5.04. The molecule has 3 aromatic rings. The first kappa shape index (κ1) is 20.2. The monoisotopic (exact) mass is 391 g/mol. The van der Waals surface area contributed by atoms with Crippen molar-refractivity contribution in [3.05, 3.63) is 71.9 Å². The van der Waals surface area contributed by atoms with Crippen LogP contribution in [0.1, 0.15) is 35.7 Å². The van der Waals surface area contributed by atoms with Crippen LogP contribution in [0.4, 0.5) is 17.2 Å². The average Bonchev–Trinajstić information content (AvgIpc) is 2.74. The molecule has 0 aliphatic carbocycles. The highest BCUT2D eigenvalue weighted by Crippen LogP contribution is 2.31. The van der Waals surface area contributed by atoms with Gasteiger partial charge in [0.15, 0.2) is 11.5 Å². The van der Waals surface area contributed by atoms with Gasteiger partial charge in [-0.25, -0.2) is 4.98 Å². The molecule has 0 saturated carbocycles. The quantitative estimate of drug-likeness (QED) is 0.578. The molecule has 0 saturated heterocycles. The number of nitrogens with zero attached hydrogens (tertiary/aromatic N) is 1. The van der Waals surface area contributed by atoms with Gasteiger partial charge in [-0.15, -0.1) is 0 Å². The van der Waals surface area contributed by atoms with Crippen molar-refractivity contribution >= 4 is 23.1 Å². The fourth-order valence-corrected chi connectivity index (χ4v) is 2.86. The summed E-state index contributed by atoms with van der Waals surface area (Å²) in [6.45, 7) is 4.27. The number of rotatable bonds is 7. The van der Waals surface area contributed by atoms with Crippen molar-refractivity contribution in [1.29, 1.82) is 0 Å². The van der Waals surface area contributed by atoms with Crippen LogP contribution in [0.5, 0.6) is 11.5 Å². The normalized spacial score (nSPS) is 10.5. The van der Waals surface area contributed by atoms with Crippen LogP contribution in [0.3, 0.4) is 0 Å². The fraction of sp³-hybridized carbons (Fsp3) is 0.217. The third-order valence-electron chi connectivity index (χ3n) is 4.51. The lowest BCUT2D eigenvalue weighted by Gasteiger charge is -2.12. The molecule has 0 atom stereocenters. The molecule has 0 radical (unpaired) electrons. The van der Waals surface area contributed by atoms with Gasteiger partial charge in [-0.3, -0.25) is 4.79 Å². The van der Waals surface area contributed by atoms with E-state index in [-0.39, 0.29) is 5.91 Å². The first-order chi connectivity index (χ1) is 14.0. The number of pyridine rings is 1. The molecular weight excluding hydrogens is 366 g/mol. The molecule has 0 fully saturated rings. The second-order valence-corrected chi connectivity index (χ2v) is 6.86. The van der Waals surface area contributed by atoms with Gasteiger partial charge >= 0.3 is 0 Å². The van der Waals surface area contributed by atoms with Gasteiger partial charge in [-0.1, -0.05) is 26.0 Å². The van der Waals surface area contributed by atoms with Crippen molar-refractivity contribution in [2.24, 2.45) is 0 Å². The second kappa shape index (κ2) is 9.10. The lowest BCUT2D eigenvalue weighted by Crippen LogP contribution is -2.12. The van der Waals surface area contributed by atoms with Crippen molar-refractivity contribution < 1.29 is 14.3 Å². The topological polar surface area (TPSA) is 72.5 Å². The average molecular weight is 391 g/mol. The van der Waals surface area contributed by atoms with E-state index in [0.29, 0.717) is 28.8 Å². The first-order valence-electron chi connectivity index (χ1n) is 9.36. The number of hydrogen-bond acceptors (Lipinski definition) is 5. The van der Waals surface area contributed by atoms with E-state index in [0.717, 1.165) is 11.4 Å². The largest absolute Gasteiger partial charge is 0.493 e. The minimum atomic E-state index is -0.194. The molecule has 1 heterocycles. The summed E-state index contributed by atoms with van der Waals surface area (Å²) in [4.78, 5) is 16.9. The predicted octanol–water partition coefficient (Wildman–Crippen LogP) is 5.22. The van der Waals surface area contributed by atoms with Gasteiger partial charge in [0.05, 0.1) is 14.2 Å². The third-order valence-corrected chi connectivity index (χ3v) is 4.51. The smallest absolute Gasteiger partial charge is 0.255 e. The van der Waals surface area contributed by atoms with Gasteiger partial charge in [0.25, 0.3) is 5.91 Å². The lowest BCUT2D eigenvalue weighted by atomic mass is 10.0. The zero-order chi connectivity index (χ0) is 20.8. The molecule has 1 aromatic heterocycles. The van der Waals surface area contributed by atoms with Gasteiger partial charge in [-0.05, 0) is 47.9 Å². The number of methoxy groups -OCH3 is 2. The molecule has 0 spiro atoms. The van der Waals surface area contributed by atoms with E-state index in [2.05, 4.69) is 29.5 Å². The van der Waals surface area contributed by atoms with Gasteiger partial charge in [-0.2, -0.15) is 0 Å². The van der Waals surface area contributed by atoms with Gasteiger partial charge < -0.3 is 20.1 Å². The van der Waals surface area contributed by atoms with Crippen LogP contribution in [0.25, 0.3) is 0 Å². The van der Waals surface area contributed by atoms with Crippen LogP contribution < -0.4 is 20.1 Å². The van der Waals surface area contributed by atoms with Gasteiger partial charge in [0, 0.05) is 29.2 Å². The molecule has 1 amide bonds. The molecule has 0 bridgehead atoms. The zero-order valence-corrected chi connectivity index (χ0v) is 17.0. The van der Waals surface area contributed by atoms with Crippen molar-refractivity contribution in [1.82, 2.24) is 4.98 Å². The van der Waals surface area contributed by atoms with Crippen LogP contribution in [0, 0.1) is 0 Å². The number of carbonyl (C=O) groups is 1. The molecule has 0 unspecified atom stereocenters. The molecule has 6 heteroatoms. The number of amides is 1. The van der Waals surface area contributed by atoms with Crippen molar-refractivity contribution in [3.8, 4) is 11.5 Å². The van der Waals surface area contributed by atoms with Crippen molar-refractivity contribution in [3.63, 3.8) is 0 Å². The standard InChI is InChI=1S/C23H25N3O3/c1-15(2)16-5-7-18(8-6-16)26-23(27)17-11-12-24-22(13-17)25-19-9-10-20(28-3)21(14-19)29-4/h5-15H,1-4H3,(H,24,25)(H,26,27). The highest BCUT2D eigenvalue weighted by atomic mass is 16.5. The van der Waals surface area contributed by atoms with E-state index in [1.807, 2.05) is 36.4 Å². The second-order valence-electron chi connectivity index (χ2n) is 6.86. The maximum atomic E-state index is 12.6. The molecule has 0 aliphatic rings. The summed E-state index contributed by atoms with van der Waals surface area (Å²) in [5.74, 6) is 2.06. The lowest BCUT2D eigenvalue weighted by molar-refractivity contribution is 0.102. The molecule has 3 rings (SSSR count). The SMILES string of the molecule is COc1ccc(Nc2cc(C(=O)Nc3ccc(C(C)C)cc3)ccn2)cc1OC. The Morgan fingerprint density at radius 1 is 0.897 bits per heavy atom. The van der Waals surface area contributed by atoms with Crippen LogP contribution in [-0.4, -0.2) is 25.1 Å². The number of anilines is 3. The van der Waals surface area contributed by atoms with E-state index in [1.165, 1.54) is 5.56 Å². The summed E-state index contributed by atoms with van der Waals surface area (Å²) in [7, 11) is 3.17. The Morgan fingerprint density at radius 2 is 1.59 bits per heavy atom. The molecule has 2 aromatic carbocycles. The summed E-state index contributed by atoms with van der Waals surface area (Å²) in [5.41, 5.74) is 3.27. The molecule has 6 nitrogen and oxygen atoms in total. The zero-order valence-electron chi connectivity index (χ0n) is 17.0. The van der Waals surface area contributed by atoms with Gasteiger partial charge in [0.1, 0.15) is 5.82 Å². The summed E-state index contributed by atoms with van der Waals surface area (Å²) in [6.07, 6.45) is 1.60. The minimum Gasteiger partial charge on any atom is -0.493 e. The Bertz CT molecular complexity index is 985. The summed E-state index contributed by atoms with van der Waals surface area (Å²) >= 11 is 0. The number of carbonyl (C=O) groups excluding carboxylic acids is 1. The minimum absolute atomic E-state index is 0.194. The van der Waals surface area contributed by atoms with Crippen LogP contribution in [-0.2, 0) is 0 Å². The predicted molar refractivity (Wildman–Crippen MR) is 116 cm³/mol. The fourth-order valence-electron chi connectivity index (χ4n) is 2.86. The molecule has 0 aliphatic heterocycles. The van der Waals surface area contributed by atoms with E-state index in [1.54, 1.807) is 38.6 Å². The summed E-state index contributed by atoms with van der Waals surface area (Å²) < 4.78 is 10.6. The molecule has 29 heavy (non-hydrogen) atoms. The number of benzene rings is 2. The van der Waals surface area contributed by atoms with E-state index in [4.69, 9.17) is 9.47 Å². The Labute approximate surface area is 170 Å². The Morgan fingerprint density at radius 3 is 2.24 bits per heavy atom. The Kier molecular flexibility index (Phi) is 6.34. The molecule has 150 valence electrons. The number of aromatic nitrogens is 1. The van der Waals surface area contributed by atoms with Crippen molar-refractivity contribution in [2.45, 2.75) is 19.8 Å². The summed E-state index contributed by atoms with van der Waals surface area (Å²) in [6, 6.07) is 16.7. The molecule has 2 N–H and O–H groups in total. The first-order valence-corrected chi connectivity index (χ1v) is 9.36. The number of nitrogens with one attached hydrogen (secondary N) is 2.